The summed E-state index contributed by atoms with van der Waals surface area (Å²) in [7, 11) is 1.92. The minimum atomic E-state index is -0.566. The average Bonchev–Trinajstić information content (AvgIpc) is 2.82. The predicted octanol–water partition coefficient (Wildman–Crippen LogP) is 3.52. The Labute approximate surface area is 184 Å². The molecule has 1 amide bonds. The second-order valence-corrected chi connectivity index (χ2v) is 7.37. The summed E-state index contributed by atoms with van der Waals surface area (Å²) in [5.74, 6) is -0.402. The molecule has 32 heavy (non-hydrogen) atoms. The minimum Gasteiger partial charge on any atom is -0.343 e. The van der Waals surface area contributed by atoms with Crippen molar-refractivity contribution in [2.24, 2.45) is 0 Å². The molecule has 0 aliphatic heterocycles. The van der Waals surface area contributed by atoms with Gasteiger partial charge in [-0.2, -0.15) is 0 Å². The fourth-order valence-electron chi connectivity index (χ4n) is 3.58. The Balaban J connectivity index is 1.68. The maximum atomic E-state index is 13.0. The molecule has 0 unspecified atom stereocenters. The van der Waals surface area contributed by atoms with Gasteiger partial charge in [0.25, 0.3) is 11.5 Å². The van der Waals surface area contributed by atoms with E-state index in [4.69, 9.17) is 0 Å². The van der Waals surface area contributed by atoms with Crippen molar-refractivity contribution in [3.63, 3.8) is 0 Å². The maximum absolute atomic E-state index is 13.0. The lowest BCUT2D eigenvalue weighted by molar-refractivity contribution is 0.102. The van der Waals surface area contributed by atoms with Gasteiger partial charge in [-0.3, -0.25) is 19.1 Å². The highest BCUT2D eigenvalue weighted by molar-refractivity contribution is 6.07. The van der Waals surface area contributed by atoms with E-state index >= 15 is 0 Å². The van der Waals surface area contributed by atoms with Crippen molar-refractivity contribution in [1.29, 1.82) is 0 Å². The van der Waals surface area contributed by atoms with E-state index in [2.05, 4.69) is 15.3 Å². The lowest BCUT2D eigenvalue weighted by atomic mass is 10.2. The fourth-order valence-corrected chi connectivity index (χ4v) is 3.58. The molecule has 0 atom stereocenters. The van der Waals surface area contributed by atoms with Crippen molar-refractivity contribution >= 4 is 34.0 Å². The van der Waals surface area contributed by atoms with Gasteiger partial charge in [0.2, 0.25) is 0 Å². The highest BCUT2D eigenvalue weighted by Crippen LogP contribution is 2.30. The smallest absolute Gasteiger partial charge is 0.329 e. The van der Waals surface area contributed by atoms with Crippen LogP contribution in [0, 0.1) is 0 Å². The van der Waals surface area contributed by atoms with Gasteiger partial charge in [0.15, 0.2) is 0 Å². The molecule has 2 heterocycles. The SMILES string of the molecule is CCCn1c(=O)[nH]c(=O)c2cc(C(=O)Nc3ccccc3N(C)c3ccccc3)cnc21. The van der Waals surface area contributed by atoms with E-state index in [1.807, 2.05) is 73.5 Å². The monoisotopic (exact) mass is 429 g/mol. The normalized spacial score (nSPS) is 10.8. The van der Waals surface area contributed by atoms with Gasteiger partial charge in [0.05, 0.1) is 22.3 Å². The summed E-state index contributed by atoms with van der Waals surface area (Å²) in [5.41, 5.74) is 1.82. The van der Waals surface area contributed by atoms with E-state index in [1.54, 1.807) is 0 Å². The number of carbonyl (C=O) groups is 1. The van der Waals surface area contributed by atoms with Crippen molar-refractivity contribution in [2.75, 3.05) is 17.3 Å². The molecule has 2 aromatic carbocycles. The van der Waals surface area contributed by atoms with Crippen molar-refractivity contribution in [3.05, 3.63) is 93.3 Å². The van der Waals surface area contributed by atoms with Crippen molar-refractivity contribution in [3.8, 4) is 0 Å². The number of rotatable bonds is 6. The van der Waals surface area contributed by atoms with Crippen LogP contribution < -0.4 is 21.5 Å². The van der Waals surface area contributed by atoms with Crippen molar-refractivity contribution in [1.82, 2.24) is 14.5 Å². The van der Waals surface area contributed by atoms with Gasteiger partial charge in [-0.15, -0.1) is 0 Å². The van der Waals surface area contributed by atoms with Crippen LogP contribution in [0.1, 0.15) is 23.7 Å². The number of hydrogen-bond acceptors (Lipinski definition) is 5. The first-order valence-electron chi connectivity index (χ1n) is 10.3. The molecule has 8 nitrogen and oxygen atoms in total. The van der Waals surface area contributed by atoms with Crippen LogP contribution in [0.15, 0.2) is 76.4 Å². The zero-order valence-corrected chi connectivity index (χ0v) is 17.8. The predicted molar refractivity (Wildman–Crippen MR) is 126 cm³/mol. The third-order valence-electron chi connectivity index (χ3n) is 5.20. The first-order chi connectivity index (χ1) is 15.5. The Morgan fingerprint density at radius 1 is 1.09 bits per heavy atom. The number of fused-ring (bicyclic) bond motifs is 1. The number of benzene rings is 2. The summed E-state index contributed by atoms with van der Waals surface area (Å²) in [4.78, 5) is 46.0. The van der Waals surface area contributed by atoms with E-state index in [-0.39, 0.29) is 16.6 Å². The molecule has 162 valence electrons. The van der Waals surface area contributed by atoms with Crippen LogP contribution in [0.5, 0.6) is 0 Å². The topological polar surface area (TPSA) is 100 Å². The first-order valence-corrected chi connectivity index (χ1v) is 10.3. The van der Waals surface area contributed by atoms with Gasteiger partial charge in [-0.25, -0.2) is 9.78 Å². The number of carbonyl (C=O) groups excluding carboxylic acids is 1. The second-order valence-electron chi connectivity index (χ2n) is 7.37. The summed E-state index contributed by atoms with van der Waals surface area (Å²) in [5, 5.41) is 3.11. The summed E-state index contributed by atoms with van der Waals surface area (Å²) < 4.78 is 1.41. The van der Waals surface area contributed by atoms with Gasteiger partial charge in [-0.1, -0.05) is 37.3 Å². The van der Waals surface area contributed by atoms with Gasteiger partial charge in [0.1, 0.15) is 5.65 Å². The molecule has 8 heteroatoms. The van der Waals surface area contributed by atoms with E-state index < -0.39 is 17.2 Å². The molecule has 0 bridgehead atoms. The first kappa shape index (κ1) is 21.0. The third-order valence-corrected chi connectivity index (χ3v) is 5.20. The number of nitrogens with zero attached hydrogens (tertiary/aromatic N) is 3. The number of hydrogen-bond donors (Lipinski definition) is 2. The number of H-pyrrole nitrogens is 1. The molecule has 0 radical (unpaired) electrons. The molecule has 0 aliphatic rings. The van der Waals surface area contributed by atoms with Gasteiger partial charge in [0, 0.05) is 25.5 Å². The number of aromatic nitrogens is 3. The molecule has 0 saturated carbocycles. The largest absolute Gasteiger partial charge is 0.343 e. The van der Waals surface area contributed by atoms with E-state index in [0.717, 1.165) is 11.4 Å². The minimum absolute atomic E-state index is 0.195. The molecule has 0 fully saturated rings. The average molecular weight is 429 g/mol. The number of nitrogens with one attached hydrogen (secondary N) is 2. The number of aromatic amines is 1. The van der Waals surface area contributed by atoms with Crippen LogP contribution in [-0.4, -0.2) is 27.5 Å². The number of anilines is 3. The number of pyridine rings is 1. The van der Waals surface area contributed by atoms with Crippen LogP contribution in [0.4, 0.5) is 17.1 Å². The van der Waals surface area contributed by atoms with E-state index in [9.17, 15) is 14.4 Å². The molecule has 2 N–H and O–H groups in total. The lowest BCUT2D eigenvalue weighted by Crippen LogP contribution is -2.31. The van der Waals surface area contributed by atoms with Crippen LogP contribution in [0.2, 0.25) is 0 Å². The van der Waals surface area contributed by atoms with Crippen molar-refractivity contribution in [2.45, 2.75) is 19.9 Å². The van der Waals surface area contributed by atoms with Gasteiger partial charge < -0.3 is 10.2 Å². The summed E-state index contributed by atoms with van der Waals surface area (Å²) in [6, 6.07) is 18.7. The van der Waals surface area contributed by atoms with E-state index in [0.29, 0.717) is 18.7 Å². The van der Waals surface area contributed by atoms with Crippen LogP contribution in [0.25, 0.3) is 11.0 Å². The molecule has 0 saturated heterocycles. The molecule has 0 aliphatic carbocycles. The number of para-hydroxylation sites is 3. The maximum Gasteiger partial charge on any atom is 0.329 e. The zero-order valence-electron chi connectivity index (χ0n) is 17.8. The molecular formula is C24H23N5O3. The molecular weight excluding hydrogens is 406 g/mol. The third kappa shape index (κ3) is 4.02. The van der Waals surface area contributed by atoms with Crippen LogP contribution >= 0.6 is 0 Å². The van der Waals surface area contributed by atoms with Crippen LogP contribution in [-0.2, 0) is 6.54 Å². The quantitative estimate of drug-likeness (QED) is 0.489. The molecule has 4 aromatic rings. The van der Waals surface area contributed by atoms with Gasteiger partial charge in [-0.05, 0) is 36.8 Å². The van der Waals surface area contributed by atoms with Crippen molar-refractivity contribution < 1.29 is 4.79 Å². The fraction of sp³-hybridized carbons (Fsp3) is 0.167. The second kappa shape index (κ2) is 8.89. The standard InChI is InChI=1S/C24H23N5O3/c1-3-13-29-21-18(23(31)27-24(29)32)14-16(15-25-21)22(30)26-19-11-7-8-12-20(19)28(2)17-9-5-4-6-10-17/h4-12,14-15H,3,13H2,1-2H3,(H,26,30)(H,27,31,32). The Bertz CT molecular complexity index is 1390. The molecule has 4 rings (SSSR count). The van der Waals surface area contributed by atoms with E-state index in [1.165, 1.54) is 16.8 Å². The summed E-state index contributed by atoms with van der Waals surface area (Å²) in [6.45, 7) is 2.35. The van der Waals surface area contributed by atoms with Crippen LogP contribution in [0.3, 0.4) is 0 Å². The highest BCUT2D eigenvalue weighted by atomic mass is 16.2. The molecule has 2 aromatic heterocycles. The Morgan fingerprint density at radius 3 is 2.56 bits per heavy atom. The molecule has 0 spiro atoms. The van der Waals surface area contributed by atoms with Gasteiger partial charge >= 0.3 is 5.69 Å². The summed E-state index contributed by atoms with van der Waals surface area (Å²) >= 11 is 0. The Hall–Kier alpha value is -4.20. The number of amides is 1. The zero-order chi connectivity index (χ0) is 22.7. The lowest BCUT2D eigenvalue weighted by Gasteiger charge is -2.22. The Morgan fingerprint density at radius 2 is 1.81 bits per heavy atom. The highest BCUT2D eigenvalue weighted by Gasteiger charge is 2.15. The number of aryl methyl sites for hydroxylation is 1. The Kier molecular flexibility index (Phi) is 5.85. The summed E-state index contributed by atoms with van der Waals surface area (Å²) in [6.07, 6.45) is 2.09.